The molecular weight excluding hydrogens is 382 g/mol. The van der Waals surface area contributed by atoms with Crippen LogP contribution in [0.15, 0.2) is 11.4 Å². The monoisotopic (exact) mass is 413 g/mol. The highest BCUT2D eigenvalue weighted by Crippen LogP contribution is 2.42. The third-order valence-corrected chi connectivity index (χ3v) is 8.04. The molecule has 3 nitrogen and oxygen atoms in total. The first-order chi connectivity index (χ1) is 13.7. The Hall–Kier alpha value is -1.20. The molecule has 28 heavy (non-hydrogen) atoms. The van der Waals surface area contributed by atoms with Crippen molar-refractivity contribution in [2.24, 2.45) is 0 Å². The van der Waals surface area contributed by atoms with Crippen LogP contribution < -0.4 is 0 Å². The first kappa shape index (κ1) is 20.1. The van der Waals surface area contributed by atoms with Crippen molar-refractivity contribution >= 4 is 43.5 Å². The molecule has 0 N–H and O–H groups in total. The number of hydrogen-bond acceptors (Lipinski definition) is 5. The van der Waals surface area contributed by atoms with Crippen LogP contribution in [0.3, 0.4) is 0 Å². The lowest BCUT2D eigenvalue weighted by Crippen LogP contribution is -2.10. The average Bonchev–Trinajstić information content (AvgIpc) is 3.09. The summed E-state index contributed by atoms with van der Waals surface area (Å²) in [5, 5.41) is 2.48. The Morgan fingerprint density at radius 3 is 2.61 bits per heavy atom. The van der Waals surface area contributed by atoms with Crippen LogP contribution in [0.4, 0.5) is 0 Å². The second kappa shape index (κ2) is 9.08. The highest BCUT2D eigenvalue weighted by atomic mass is 32.2. The van der Waals surface area contributed by atoms with Gasteiger partial charge in [0.25, 0.3) is 0 Å². The molecule has 1 aliphatic carbocycles. The second-order valence-electron chi connectivity index (χ2n) is 8.22. The van der Waals surface area contributed by atoms with Gasteiger partial charge in [-0.25, -0.2) is 15.0 Å². The van der Waals surface area contributed by atoms with Gasteiger partial charge in [-0.05, 0) is 54.9 Å². The zero-order valence-electron chi connectivity index (χ0n) is 17.4. The summed E-state index contributed by atoms with van der Waals surface area (Å²) in [5.74, 6) is 1.62. The zero-order valence-corrected chi connectivity index (χ0v) is 19.0. The van der Waals surface area contributed by atoms with E-state index in [0.717, 1.165) is 16.3 Å². The van der Waals surface area contributed by atoms with Gasteiger partial charge in [0.1, 0.15) is 16.2 Å². The Balaban J connectivity index is 1.70. The molecule has 0 bridgehead atoms. The molecule has 0 aromatic carbocycles. The van der Waals surface area contributed by atoms with Gasteiger partial charge in [-0.1, -0.05) is 46.5 Å². The summed E-state index contributed by atoms with van der Waals surface area (Å²) in [6.07, 6.45) is 13.3. The maximum Gasteiger partial charge on any atom is 0.126 e. The first-order valence-electron chi connectivity index (χ1n) is 10.9. The molecule has 0 saturated carbocycles. The third-order valence-electron chi connectivity index (χ3n) is 5.75. The fourth-order valence-electron chi connectivity index (χ4n) is 4.32. The van der Waals surface area contributed by atoms with Gasteiger partial charge in [0, 0.05) is 11.1 Å². The number of hydrogen-bond donors (Lipinski definition) is 0. The quantitative estimate of drug-likeness (QED) is 0.220. The van der Waals surface area contributed by atoms with Gasteiger partial charge >= 0.3 is 0 Å². The van der Waals surface area contributed by atoms with Gasteiger partial charge in [0.2, 0.25) is 0 Å². The smallest absolute Gasteiger partial charge is 0.126 e. The molecule has 150 valence electrons. The molecule has 3 aromatic heterocycles. The maximum atomic E-state index is 5.14. The fraction of sp³-hybridized carbons (Fsp3) is 0.609. The molecule has 0 spiro atoms. The summed E-state index contributed by atoms with van der Waals surface area (Å²) in [6, 6.07) is 0. The van der Waals surface area contributed by atoms with Crippen LogP contribution in [0.25, 0.3) is 20.4 Å². The van der Waals surface area contributed by atoms with E-state index in [2.05, 4.69) is 25.8 Å². The number of nitrogens with zero attached hydrogens (tertiary/aromatic N) is 3. The molecular formula is C23H31N3S2. The van der Waals surface area contributed by atoms with E-state index in [1.54, 1.807) is 6.33 Å². The molecule has 0 radical (unpaired) electrons. The number of thiophene rings is 1. The standard InChI is InChI=1S/C23H31N3S2/c1-4-5-6-7-10-13-27-23-21-20(24-14-25-23)18-16-11-8-9-12-17(16)19(15(2)3)26-22(18)28-21/h14-15H,4-13H2,1-3H3. The van der Waals surface area contributed by atoms with Gasteiger partial charge in [0.15, 0.2) is 0 Å². The van der Waals surface area contributed by atoms with E-state index in [9.17, 15) is 0 Å². The summed E-state index contributed by atoms with van der Waals surface area (Å²) in [5.41, 5.74) is 5.49. The Bertz CT molecular complexity index is 962. The highest BCUT2D eigenvalue weighted by molar-refractivity contribution is 7.99. The summed E-state index contributed by atoms with van der Waals surface area (Å²) in [6.45, 7) is 6.82. The van der Waals surface area contributed by atoms with Crippen molar-refractivity contribution in [1.82, 2.24) is 15.0 Å². The number of pyridine rings is 1. The largest absolute Gasteiger partial charge is 0.241 e. The van der Waals surface area contributed by atoms with E-state index in [1.165, 1.54) is 89.5 Å². The van der Waals surface area contributed by atoms with Gasteiger partial charge in [0.05, 0.1) is 10.2 Å². The van der Waals surface area contributed by atoms with Crippen molar-refractivity contribution in [1.29, 1.82) is 0 Å². The molecule has 0 fully saturated rings. The minimum absolute atomic E-state index is 0.476. The van der Waals surface area contributed by atoms with Crippen molar-refractivity contribution in [3.8, 4) is 0 Å². The van der Waals surface area contributed by atoms with Crippen LogP contribution in [0, 0.1) is 0 Å². The molecule has 0 amide bonds. The Labute approximate surface area is 176 Å². The van der Waals surface area contributed by atoms with Gasteiger partial charge in [-0.2, -0.15) is 0 Å². The normalized spacial score (nSPS) is 14.3. The number of fused-ring (bicyclic) bond motifs is 5. The molecule has 5 heteroatoms. The Morgan fingerprint density at radius 1 is 1.04 bits per heavy atom. The Morgan fingerprint density at radius 2 is 1.82 bits per heavy atom. The molecule has 0 saturated heterocycles. The lowest BCUT2D eigenvalue weighted by atomic mass is 9.86. The summed E-state index contributed by atoms with van der Waals surface area (Å²) in [7, 11) is 0. The lowest BCUT2D eigenvalue weighted by Gasteiger charge is -2.21. The SMILES string of the molecule is CCCCCCCSc1ncnc2c1sc1nc(C(C)C)c3c(c12)CCCC3. The molecule has 0 aliphatic heterocycles. The van der Waals surface area contributed by atoms with Crippen molar-refractivity contribution < 1.29 is 0 Å². The molecule has 0 unspecified atom stereocenters. The maximum absolute atomic E-state index is 5.14. The van der Waals surface area contributed by atoms with E-state index in [0.29, 0.717) is 5.92 Å². The number of rotatable bonds is 8. The van der Waals surface area contributed by atoms with E-state index in [4.69, 9.17) is 9.97 Å². The van der Waals surface area contributed by atoms with E-state index in [-0.39, 0.29) is 0 Å². The van der Waals surface area contributed by atoms with Crippen LogP contribution >= 0.6 is 23.1 Å². The van der Waals surface area contributed by atoms with Crippen LogP contribution in [0.1, 0.15) is 88.5 Å². The van der Waals surface area contributed by atoms with E-state index >= 15 is 0 Å². The van der Waals surface area contributed by atoms with Gasteiger partial charge in [-0.15, -0.1) is 23.1 Å². The minimum Gasteiger partial charge on any atom is -0.241 e. The fourth-order valence-corrected chi connectivity index (χ4v) is 6.57. The van der Waals surface area contributed by atoms with Crippen molar-refractivity contribution in [3.63, 3.8) is 0 Å². The lowest BCUT2D eigenvalue weighted by molar-refractivity contribution is 0.659. The van der Waals surface area contributed by atoms with Crippen molar-refractivity contribution in [2.75, 3.05) is 5.75 Å². The van der Waals surface area contributed by atoms with Crippen LogP contribution in [0.5, 0.6) is 0 Å². The predicted molar refractivity (Wildman–Crippen MR) is 123 cm³/mol. The summed E-state index contributed by atoms with van der Waals surface area (Å²) in [4.78, 5) is 15.7. The summed E-state index contributed by atoms with van der Waals surface area (Å²) >= 11 is 3.71. The van der Waals surface area contributed by atoms with Crippen molar-refractivity contribution in [3.05, 3.63) is 23.1 Å². The van der Waals surface area contributed by atoms with Crippen LogP contribution in [0.2, 0.25) is 0 Å². The molecule has 1 aliphatic rings. The highest BCUT2D eigenvalue weighted by Gasteiger charge is 2.24. The molecule has 4 rings (SSSR count). The van der Waals surface area contributed by atoms with Gasteiger partial charge in [-0.3, -0.25) is 0 Å². The molecule has 3 heterocycles. The zero-order chi connectivity index (χ0) is 19.5. The minimum atomic E-state index is 0.476. The number of aryl methyl sites for hydroxylation is 1. The first-order valence-corrected chi connectivity index (χ1v) is 12.7. The van der Waals surface area contributed by atoms with Gasteiger partial charge < -0.3 is 0 Å². The topological polar surface area (TPSA) is 38.7 Å². The van der Waals surface area contributed by atoms with Crippen molar-refractivity contribution in [2.45, 2.75) is 89.5 Å². The second-order valence-corrected chi connectivity index (χ2v) is 10.3. The number of unbranched alkanes of at least 4 members (excludes halogenated alkanes) is 4. The predicted octanol–water partition coefficient (Wildman–Crippen LogP) is 7.30. The van der Waals surface area contributed by atoms with Crippen LogP contribution in [-0.4, -0.2) is 20.7 Å². The average molecular weight is 414 g/mol. The Kier molecular flexibility index (Phi) is 6.52. The molecule has 0 atom stereocenters. The molecule has 3 aromatic rings. The van der Waals surface area contributed by atoms with E-state index in [1.807, 2.05) is 23.1 Å². The van der Waals surface area contributed by atoms with Crippen LogP contribution in [-0.2, 0) is 12.8 Å². The number of thioether (sulfide) groups is 1. The summed E-state index contributed by atoms with van der Waals surface area (Å²) < 4.78 is 1.25. The van der Waals surface area contributed by atoms with E-state index < -0.39 is 0 Å². The third kappa shape index (κ3) is 3.93. The number of aromatic nitrogens is 3.